The number of aryl methyl sites for hydroxylation is 1. The van der Waals surface area contributed by atoms with Gasteiger partial charge in [0.1, 0.15) is 0 Å². The van der Waals surface area contributed by atoms with Crippen LogP contribution < -0.4 is 0 Å². The molecule has 2 heteroatoms. The van der Waals surface area contributed by atoms with Gasteiger partial charge in [-0.2, -0.15) is 0 Å². The summed E-state index contributed by atoms with van der Waals surface area (Å²) >= 11 is 5.66. The molecule has 1 aromatic rings. The Labute approximate surface area is 136 Å². The summed E-state index contributed by atoms with van der Waals surface area (Å²) in [7, 11) is 4.12. The van der Waals surface area contributed by atoms with Crippen LogP contribution in [0.25, 0.3) is 0 Å². The summed E-state index contributed by atoms with van der Waals surface area (Å²) in [5.74, 6) is 0.391. The van der Waals surface area contributed by atoms with Gasteiger partial charge in [-0.25, -0.2) is 0 Å². The number of hydrogen-bond acceptors (Lipinski definition) is 1. The molecule has 21 heavy (non-hydrogen) atoms. The third-order valence-electron chi connectivity index (χ3n) is 4.06. The lowest BCUT2D eigenvalue weighted by Crippen LogP contribution is -2.26. The molecule has 0 spiro atoms. The van der Waals surface area contributed by atoms with E-state index in [-0.39, 0.29) is 0 Å². The summed E-state index contributed by atoms with van der Waals surface area (Å²) in [6.07, 6.45) is 9.21. The quantitative estimate of drug-likeness (QED) is 0.424. The van der Waals surface area contributed by atoms with Gasteiger partial charge in [0.05, 0.1) is 4.99 Å². The molecule has 0 amide bonds. The van der Waals surface area contributed by atoms with Crippen molar-refractivity contribution in [2.45, 2.75) is 64.7 Å². The molecule has 0 heterocycles. The number of thiocarbonyl (C=S) groups is 1. The summed E-state index contributed by atoms with van der Waals surface area (Å²) in [6.45, 7) is 4.40. The zero-order valence-corrected chi connectivity index (χ0v) is 15.0. The van der Waals surface area contributed by atoms with Crippen molar-refractivity contribution in [1.82, 2.24) is 4.90 Å². The predicted octanol–water partition coefficient (Wildman–Crippen LogP) is 5.72. The molecule has 0 bridgehead atoms. The van der Waals surface area contributed by atoms with Gasteiger partial charge in [0.15, 0.2) is 0 Å². The van der Waals surface area contributed by atoms with E-state index in [1.54, 1.807) is 0 Å². The van der Waals surface area contributed by atoms with E-state index in [4.69, 9.17) is 12.2 Å². The molecule has 0 aliphatic rings. The number of rotatable bonds is 9. The molecule has 118 valence electrons. The second-order valence-corrected chi connectivity index (χ2v) is 6.67. The molecule has 1 atom stereocenters. The fourth-order valence-corrected chi connectivity index (χ4v) is 2.93. The van der Waals surface area contributed by atoms with Gasteiger partial charge in [-0.3, -0.25) is 0 Å². The van der Waals surface area contributed by atoms with E-state index < -0.39 is 0 Å². The summed E-state index contributed by atoms with van der Waals surface area (Å²) < 4.78 is 0. The third-order valence-corrected chi connectivity index (χ3v) is 4.71. The van der Waals surface area contributed by atoms with Gasteiger partial charge in [-0.15, -0.1) is 0 Å². The van der Waals surface area contributed by atoms with Gasteiger partial charge < -0.3 is 4.90 Å². The number of hydrogen-bond donors (Lipinski definition) is 0. The molecule has 0 aliphatic heterocycles. The Bertz CT molecular complexity index is 408. The van der Waals surface area contributed by atoms with E-state index in [0.29, 0.717) is 5.92 Å². The van der Waals surface area contributed by atoms with Crippen molar-refractivity contribution >= 4 is 17.2 Å². The SMILES string of the molecule is CCCCCCCCC(C(=S)N(C)C)c1ccc(C)cc1. The van der Waals surface area contributed by atoms with Crippen molar-refractivity contribution in [3.8, 4) is 0 Å². The highest BCUT2D eigenvalue weighted by Gasteiger charge is 2.18. The summed E-state index contributed by atoms with van der Waals surface area (Å²) in [4.78, 5) is 3.16. The summed E-state index contributed by atoms with van der Waals surface area (Å²) in [5.41, 5.74) is 2.68. The maximum atomic E-state index is 5.66. The standard InChI is InChI=1S/C19H31NS/c1-5-6-7-8-9-10-11-18(19(21)20(3)4)17-14-12-16(2)13-15-17/h12-15,18H,5-11H2,1-4H3. The zero-order chi connectivity index (χ0) is 15.7. The maximum absolute atomic E-state index is 5.66. The fourth-order valence-electron chi connectivity index (χ4n) is 2.67. The van der Waals surface area contributed by atoms with E-state index in [2.05, 4.69) is 57.1 Å². The van der Waals surface area contributed by atoms with E-state index in [0.717, 1.165) is 4.99 Å². The van der Waals surface area contributed by atoms with Gasteiger partial charge in [-0.05, 0) is 18.9 Å². The second kappa shape index (κ2) is 9.94. The smallest absolute Gasteiger partial charge is 0.0849 e. The van der Waals surface area contributed by atoms with E-state index in [9.17, 15) is 0 Å². The van der Waals surface area contributed by atoms with Crippen molar-refractivity contribution in [2.24, 2.45) is 0 Å². The Balaban J connectivity index is 2.57. The highest BCUT2D eigenvalue weighted by atomic mass is 32.1. The first-order valence-electron chi connectivity index (χ1n) is 8.34. The number of nitrogens with zero attached hydrogens (tertiary/aromatic N) is 1. The van der Waals surface area contributed by atoms with Crippen LogP contribution >= 0.6 is 12.2 Å². The molecule has 0 fully saturated rings. The predicted molar refractivity (Wildman–Crippen MR) is 98.2 cm³/mol. The lowest BCUT2D eigenvalue weighted by Gasteiger charge is -2.24. The normalized spacial score (nSPS) is 12.2. The van der Waals surface area contributed by atoms with Crippen molar-refractivity contribution in [3.63, 3.8) is 0 Å². The molecule has 0 aliphatic carbocycles. The highest BCUT2D eigenvalue weighted by Crippen LogP contribution is 2.26. The highest BCUT2D eigenvalue weighted by molar-refractivity contribution is 7.80. The lowest BCUT2D eigenvalue weighted by atomic mass is 9.91. The molecule has 1 unspecified atom stereocenters. The van der Waals surface area contributed by atoms with Crippen LogP contribution in [-0.2, 0) is 0 Å². The Hall–Kier alpha value is -0.890. The first-order chi connectivity index (χ1) is 10.1. The molecule has 0 saturated heterocycles. The molecular formula is C19H31NS. The van der Waals surface area contributed by atoms with Crippen molar-refractivity contribution in [1.29, 1.82) is 0 Å². The largest absolute Gasteiger partial charge is 0.372 e. The second-order valence-electron chi connectivity index (χ2n) is 6.25. The van der Waals surface area contributed by atoms with Crippen LogP contribution in [0.4, 0.5) is 0 Å². The fraction of sp³-hybridized carbons (Fsp3) is 0.632. The molecule has 1 aromatic carbocycles. The minimum atomic E-state index is 0.391. The van der Waals surface area contributed by atoms with Crippen molar-refractivity contribution in [2.75, 3.05) is 14.1 Å². The molecule has 1 rings (SSSR count). The Morgan fingerprint density at radius 1 is 1.00 bits per heavy atom. The lowest BCUT2D eigenvalue weighted by molar-refractivity contribution is 0.550. The zero-order valence-electron chi connectivity index (χ0n) is 14.2. The maximum Gasteiger partial charge on any atom is 0.0849 e. The Kier molecular flexibility index (Phi) is 8.60. The Morgan fingerprint density at radius 2 is 1.57 bits per heavy atom. The average molecular weight is 306 g/mol. The topological polar surface area (TPSA) is 3.24 Å². The third kappa shape index (κ3) is 6.60. The summed E-state index contributed by atoms with van der Waals surface area (Å²) in [6, 6.07) is 8.88. The molecule has 0 aromatic heterocycles. The van der Waals surface area contributed by atoms with Gasteiger partial charge >= 0.3 is 0 Å². The van der Waals surface area contributed by atoms with Gasteiger partial charge in [0.2, 0.25) is 0 Å². The van der Waals surface area contributed by atoms with Crippen LogP contribution in [0.5, 0.6) is 0 Å². The van der Waals surface area contributed by atoms with Crippen LogP contribution in [0, 0.1) is 6.92 Å². The number of unbranched alkanes of at least 4 members (excludes halogenated alkanes) is 5. The van der Waals surface area contributed by atoms with Crippen LogP contribution in [0.3, 0.4) is 0 Å². The van der Waals surface area contributed by atoms with Gasteiger partial charge in [-0.1, -0.05) is 87.5 Å². The minimum Gasteiger partial charge on any atom is -0.372 e. The molecule has 0 saturated carbocycles. The first-order valence-corrected chi connectivity index (χ1v) is 8.74. The van der Waals surface area contributed by atoms with Gasteiger partial charge in [0, 0.05) is 20.0 Å². The molecular weight excluding hydrogens is 274 g/mol. The van der Waals surface area contributed by atoms with E-state index in [1.807, 2.05) is 0 Å². The summed E-state index contributed by atoms with van der Waals surface area (Å²) in [5, 5.41) is 0. The number of likely N-dealkylation sites (N-methyl/N-ethyl adjacent to an activating group) is 1. The van der Waals surface area contributed by atoms with Crippen molar-refractivity contribution in [3.05, 3.63) is 35.4 Å². The van der Waals surface area contributed by atoms with Gasteiger partial charge in [0.25, 0.3) is 0 Å². The number of benzene rings is 1. The van der Waals surface area contributed by atoms with Crippen molar-refractivity contribution < 1.29 is 0 Å². The average Bonchev–Trinajstić information content (AvgIpc) is 2.47. The van der Waals surface area contributed by atoms with E-state index in [1.165, 1.54) is 56.1 Å². The Morgan fingerprint density at radius 3 is 2.14 bits per heavy atom. The minimum absolute atomic E-state index is 0.391. The van der Waals surface area contributed by atoms with Crippen LogP contribution in [-0.4, -0.2) is 24.0 Å². The molecule has 1 nitrogen and oxygen atoms in total. The van der Waals surface area contributed by atoms with Crippen LogP contribution in [0.15, 0.2) is 24.3 Å². The molecule has 0 N–H and O–H groups in total. The monoisotopic (exact) mass is 305 g/mol. The van der Waals surface area contributed by atoms with E-state index >= 15 is 0 Å². The first kappa shape index (κ1) is 18.2. The van der Waals surface area contributed by atoms with Crippen LogP contribution in [0.2, 0.25) is 0 Å². The van der Waals surface area contributed by atoms with Crippen LogP contribution in [0.1, 0.15) is 68.9 Å². The molecule has 0 radical (unpaired) electrons.